The van der Waals surface area contributed by atoms with Crippen LogP contribution in [0.1, 0.15) is 0 Å². The van der Waals surface area contributed by atoms with Gasteiger partial charge in [0.2, 0.25) is 0 Å². The van der Waals surface area contributed by atoms with Crippen LogP contribution in [0.2, 0.25) is 0 Å². The van der Waals surface area contributed by atoms with Gasteiger partial charge in [-0.25, -0.2) is 4.98 Å². The predicted octanol–water partition coefficient (Wildman–Crippen LogP) is 2.53. The second kappa shape index (κ2) is 7.58. The molecule has 0 radical (unpaired) electrons. The third-order valence-electron chi connectivity index (χ3n) is 3.60. The zero-order chi connectivity index (χ0) is 15.2. The van der Waals surface area contributed by atoms with Gasteiger partial charge in [0.05, 0.1) is 26.0 Å². The van der Waals surface area contributed by atoms with Crippen LogP contribution in [-0.2, 0) is 4.74 Å². The number of ether oxygens (including phenoxy) is 3. The predicted molar refractivity (Wildman–Crippen MR) is 86.9 cm³/mol. The average Bonchev–Trinajstić information content (AvgIpc) is 3.04. The molecule has 2 aromatic rings. The molecule has 0 bridgehead atoms. The molecule has 1 fully saturated rings. The van der Waals surface area contributed by atoms with Crippen molar-refractivity contribution in [1.29, 1.82) is 0 Å². The fourth-order valence-electron chi connectivity index (χ4n) is 2.39. The lowest BCUT2D eigenvalue weighted by Crippen LogP contribution is -2.38. The van der Waals surface area contributed by atoms with E-state index in [4.69, 9.17) is 14.2 Å². The van der Waals surface area contributed by atoms with E-state index in [2.05, 4.69) is 9.88 Å². The van der Waals surface area contributed by atoms with Crippen LogP contribution < -0.4 is 9.47 Å². The Bertz CT molecular complexity index is 597. The summed E-state index contributed by atoms with van der Waals surface area (Å²) < 4.78 is 16.5. The van der Waals surface area contributed by atoms with Crippen molar-refractivity contribution >= 4 is 11.3 Å². The number of hydrogen-bond donors (Lipinski definition) is 0. The van der Waals surface area contributed by atoms with E-state index in [9.17, 15) is 0 Å². The topological polar surface area (TPSA) is 43.8 Å². The Labute approximate surface area is 134 Å². The molecule has 1 aliphatic rings. The maximum absolute atomic E-state index is 5.77. The van der Waals surface area contributed by atoms with Gasteiger partial charge in [-0.15, -0.1) is 0 Å². The highest BCUT2D eigenvalue weighted by atomic mass is 32.1. The van der Waals surface area contributed by atoms with Gasteiger partial charge in [0.25, 0.3) is 5.19 Å². The molecule has 0 aliphatic carbocycles. The van der Waals surface area contributed by atoms with Gasteiger partial charge in [-0.05, 0) is 12.1 Å². The van der Waals surface area contributed by atoms with Crippen LogP contribution in [-0.4, -0.2) is 56.4 Å². The summed E-state index contributed by atoms with van der Waals surface area (Å²) in [6.45, 7) is 5.15. The summed E-state index contributed by atoms with van der Waals surface area (Å²) in [5.41, 5.74) is 1.88. The molecule has 2 heterocycles. The first-order valence-electron chi connectivity index (χ1n) is 7.38. The van der Waals surface area contributed by atoms with Crippen molar-refractivity contribution in [2.75, 3.05) is 46.6 Å². The molecule has 1 saturated heterocycles. The monoisotopic (exact) mass is 320 g/mol. The zero-order valence-corrected chi connectivity index (χ0v) is 13.5. The molecule has 1 aliphatic heterocycles. The van der Waals surface area contributed by atoms with Crippen LogP contribution in [0.4, 0.5) is 0 Å². The Kier molecular flexibility index (Phi) is 5.26. The molecule has 1 aromatic heterocycles. The molecular weight excluding hydrogens is 300 g/mol. The van der Waals surface area contributed by atoms with Gasteiger partial charge >= 0.3 is 0 Å². The van der Waals surface area contributed by atoms with Crippen molar-refractivity contribution in [3.05, 3.63) is 29.6 Å². The highest BCUT2D eigenvalue weighted by Gasteiger charge is 2.12. The van der Waals surface area contributed by atoms with Crippen molar-refractivity contribution in [2.24, 2.45) is 0 Å². The summed E-state index contributed by atoms with van der Waals surface area (Å²) in [5, 5.41) is 2.70. The summed E-state index contributed by atoms with van der Waals surface area (Å²) in [4.78, 5) is 6.89. The molecule has 0 spiro atoms. The molecule has 5 nitrogen and oxygen atoms in total. The van der Waals surface area contributed by atoms with Gasteiger partial charge < -0.3 is 14.2 Å². The Morgan fingerprint density at radius 2 is 2.09 bits per heavy atom. The van der Waals surface area contributed by atoms with E-state index in [1.807, 2.05) is 29.6 Å². The fourth-order valence-corrected chi connectivity index (χ4v) is 3.08. The molecule has 22 heavy (non-hydrogen) atoms. The minimum Gasteiger partial charge on any atom is -0.496 e. The molecule has 3 rings (SSSR count). The van der Waals surface area contributed by atoms with Crippen LogP contribution in [0.3, 0.4) is 0 Å². The molecule has 0 saturated carbocycles. The minimum atomic E-state index is 0.652. The number of para-hydroxylation sites is 1. The average molecular weight is 320 g/mol. The van der Waals surface area contributed by atoms with E-state index in [-0.39, 0.29) is 0 Å². The number of thiazole rings is 1. The van der Waals surface area contributed by atoms with E-state index in [1.54, 1.807) is 7.11 Å². The number of methoxy groups -OCH3 is 1. The number of aromatic nitrogens is 1. The maximum Gasteiger partial charge on any atom is 0.273 e. The summed E-state index contributed by atoms with van der Waals surface area (Å²) in [6.07, 6.45) is 0. The smallest absolute Gasteiger partial charge is 0.273 e. The third kappa shape index (κ3) is 3.76. The number of benzene rings is 1. The zero-order valence-electron chi connectivity index (χ0n) is 12.7. The lowest BCUT2D eigenvalue weighted by atomic mass is 10.1. The molecular formula is C16H20N2O3S. The van der Waals surface area contributed by atoms with Crippen molar-refractivity contribution < 1.29 is 14.2 Å². The Hall–Kier alpha value is -1.63. The van der Waals surface area contributed by atoms with Crippen molar-refractivity contribution in [2.45, 2.75) is 0 Å². The number of hydrogen-bond acceptors (Lipinski definition) is 6. The summed E-state index contributed by atoms with van der Waals surface area (Å²) in [6, 6.07) is 7.88. The first-order valence-corrected chi connectivity index (χ1v) is 8.26. The second-order valence-electron chi connectivity index (χ2n) is 5.00. The normalized spacial score (nSPS) is 15.7. The molecule has 0 atom stereocenters. The standard InChI is InChI=1S/C16H20N2O3S/c1-19-15-5-3-2-4-13(15)14-12-22-16(17-14)21-11-8-18-6-9-20-10-7-18/h2-5,12H,6-11H2,1H3. The van der Waals surface area contributed by atoms with Gasteiger partial charge in [0, 0.05) is 30.6 Å². The molecule has 1 aromatic carbocycles. The Morgan fingerprint density at radius 3 is 2.91 bits per heavy atom. The quantitative estimate of drug-likeness (QED) is 0.818. The first kappa shape index (κ1) is 15.3. The second-order valence-corrected chi connectivity index (χ2v) is 5.82. The SMILES string of the molecule is COc1ccccc1-c1csc(OCCN2CCOCC2)n1. The lowest BCUT2D eigenvalue weighted by molar-refractivity contribution is 0.0322. The largest absolute Gasteiger partial charge is 0.496 e. The van der Waals surface area contributed by atoms with Crippen molar-refractivity contribution in [3.63, 3.8) is 0 Å². The van der Waals surface area contributed by atoms with Gasteiger partial charge in [0.1, 0.15) is 12.4 Å². The van der Waals surface area contributed by atoms with Gasteiger partial charge in [0.15, 0.2) is 0 Å². The Morgan fingerprint density at radius 1 is 1.27 bits per heavy atom. The highest BCUT2D eigenvalue weighted by Crippen LogP contribution is 2.32. The molecule has 118 valence electrons. The summed E-state index contributed by atoms with van der Waals surface area (Å²) in [7, 11) is 1.67. The highest BCUT2D eigenvalue weighted by molar-refractivity contribution is 7.11. The van der Waals surface area contributed by atoms with E-state index < -0.39 is 0 Å². The van der Waals surface area contributed by atoms with Crippen LogP contribution in [0.15, 0.2) is 29.6 Å². The number of nitrogens with zero attached hydrogens (tertiary/aromatic N) is 2. The van der Waals surface area contributed by atoms with E-state index >= 15 is 0 Å². The summed E-state index contributed by atoms with van der Waals surface area (Å²) >= 11 is 1.52. The van der Waals surface area contributed by atoms with Gasteiger partial charge in [-0.2, -0.15) is 0 Å². The van der Waals surface area contributed by atoms with Gasteiger partial charge in [-0.1, -0.05) is 23.5 Å². The third-order valence-corrected chi connectivity index (χ3v) is 4.35. The minimum absolute atomic E-state index is 0.652. The first-order chi connectivity index (χ1) is 10.9. The van der Waals surface area contributed by atoms with Crippen molar-refractivity contribution in [1.82, 2.24) is 9.88 Å². The Balaban J connectivity index is 1.57. The van der Waals surface area contributed by atoms with E-state index in [0.29, 0.717) is 11.8 Å². The van der Waals surface area contributed by atoms with Crippen LogP contribution >= 0.6 is 11.3 Å². The van der Waals surface area contributed by atoms with E-state index in [1.165, 1.54) is 11.3 Å². The fraction of sp³-hybridized carbons (Fsp3) is 0.438. The molecule has 0 amide bonds. The lowest BCUT2D eigenvalue weighted by Gasteiger charge is -2.26. The van der Waals surface area contributed by atoms with Gasteiger partial charge in [-0.3, -0.25) is 4.90 Å². The number of rotatable bonds is 6. The van der Waals surface area contributed by atoms with Crippen LogP contribution in [0.5, 0.6) is 10.9 Å². The maximum atomic E-state index is 5.77. The molecule has 0 unspecified atom stereocenters. The van der Waals surface area contributed by atoms with Crippen LogP contribution in [0.25, 0.3) is 11.3 Å². The van der Waals surface area contributed by atoms with Crippen molar-refractivity contribution in [3.8, 4) is 22.2 Å². The van der Waals surface area contributed by atoms with E-state index in [0.717, 1.165) is 49.9 Å². The number of morpholine rings is 1. The van der Waals surface area contributed by atoms with Crippen LogP contribution in [0, 0.1) is 0 Å². The summed E-state index contributed by atoms with van der Waals surface area (Å²) in [5.74, 6) is 0.827. The molecule has 6 heteroatoms. The molecule has 0 N–H and O–H groups in total.